The molecule has 1 amide bonds. The molecule has 0 saturated heterocycles. The van der Waals surface area contributed by atoms with Crippen LogP contribution in [0.25, 0.3) is 10.8 Å². The van der Waals surface area contributed by atoms with E-state index in [0.717, 1.165) is 0 Å². The van der Waals surface area contributed by atoms with Gasteiger partial charge in [0.15, 0.2) is 0 Å². The molecule has 6 heteroatoms. The summed E-state index contributed by atoms with van der Waals surface area (Å²) in [6.45, 7) is 0.103. The third kappa shape index (κ3) is 2.54. The van der Waals surface area contributed by atoms with Crippen molar-refractivity contribution in [1.29, 1.82) is 0 Å². The lowest BCUT2D eigenvalue weighted by Crippen LogP contribution is -2.28. The zero-order chi connectivity index (χ0) is 13.0. The van der Waals surface area contributed by atoms with E-state index in [4.69, 9.17) is 5.11 Å². The van der Waals surface area contributed by atoms with Gasteiger partial charge < -0.3 is 10.4 Å². The van der Waals surface area contributed by atoms with Crippen molar-refractivity contribution >= 4 is 16.7 Å². The van der Waals surface area contributed by atoms with Crippen LogP contribution in [0, 0.1) is 0 Å². The Bertz CT molecular complexity index is 621. The molecule has 0 fully saturated rings. The summed E-state index contributed by atoms with van der Waals surface area (Å²) in [6.07, 6.45) is 0.0668. The molecule has 0 bridgehead atoms. The lowest BCUT2D eigenvalue weighted by atomic mass is 10.1. The van der Waals surface area contributed by atoms with Crippen molar-refractivity contribution in [3.05, 3.63) is 40.3 Å². The average Bonchev–Trinajstić information content (AvgIpc) is 2.40. The van der Waals surface area contributed by atoms with Gasteiger partial charge in [0.25, 0.3) is 5.56 Å². The Labute approximate surface area is 103 Å². The molecule has 0 saturated carbocycles. The minimum Gasteiger partial charge on any atom is -0.395 e. The summed E-state index contributed by atoms with van der Waals surface area (Å²) in [5.74, 6) is -0.242. The summed E-state index contributed by atoms with van der Waals surface area (Å²) in [6, 6.07) is 6.99. The largest absolute Gasteiger partial charge is 0.395 e. The number of carbonyl (C=O) groups excluding carboxylic acids is 1. The van der Waals surface area contributed by atoms with Crippen LogP contribution in [0.15, 0.2) is 29.1 Å². The van der Waals surface area contributed by atoms with Crippen LogP contribution >= 0.6 is 0 Å². The van der Waals surface area contributed by atoms with Crippen LogP contribution in [0.1, 0.15) is 5.69 Å². The van der Waals surface area contributed by atoms with Crippen LogP contribution < -0.4 is 10.9 Å². The van der Waals surface area contributed by atoms with Gasteiger partial charge in [0, 0.05) is 11.9 Å². The Balaban J connectivity index is 2.32. The second-order valence-electron chi connectivity index (χ2n) is 3.80. The molecule has 0 aliphatic carbocycles. The van der Waals surface area contributed by atoms with Crippen LogP contribution in [-0.2, 0) is 11.2 Å². The summed E-state index contributed by atoms with van der Waals surface area (Å²) in [4.78, 5) is 23.1. The molecule has 0 spiro atoms. The van der Waals surface area contributed by atoms with Gasteiger partial charge in [0.05, 0.1) is 24.1 Å². The van der Waals surface area contributed by atoms with Crippen molar-refractivity contribution in [2.45, 2.75) is 6.42 Å². The highest BCUT2D eigenvalue weighted by Gasteiger charge is 2.09. The number of nitrogens with zero attached hydrogens (tertiary/aromatic N) is 1. The number of H-pyrrole nitrogens is 1. The first kappa shape index (κ1) is 12.3. The van der Waals surface area contributed by atoms with E-state index >= 15 is 0 Å². The standard InChI is InChI=1S/C12H13N3O3/c16-6-5-13-11(17)7-10-8-3-1-2-4-9(8)12(18)15-14-10/h1-4,16H,5-7H2,(H,13,17)(H,15,18). The summed E-state index contributed by atoms with van der Waals surface area (Å²) >= 11 is 0. The monoisotopic (exact) mass is 247 g/mol. The number of aliphatic hydroxyl groups is 1. The maximum Gasteiger partial charge on any atom is 0.272 e. The Morgan fingerprint density at radius 2 is 2.06 bits per heavy atom. The summed E-state index contributed by atoms with van der Waals surface area (Å²) in [5, 5.41) is 18.6. The van der Waals surface area contributed by atoms with Gasteiger partial charge in [-0.3, -0.25) is 9.59 Å². The number of hydrogen-bond donors (Lipinski definition) is 3. The fourth-order valence-corrected chi connectivity index (χ4v) is 1.72. The Morgan fingerprint density at radius 1 is 1.33 bits per heavy atom. The summed E-state index contributed by atoms with van der Waals surface area (Å²) < 4.78 is 0. The van der Waals surface area contributed by atoms with E-state index in [2.05, 4.69) is 15.5 Å². The first-order chi connectivity index (χ1) is 8.72. The van der Waals surface area contributed by atoms with E-state index in [9.17, 15) is 9.59 Å². The number of fused-ring (bicyclic) bond motifs is 1. The van der Waals surface area contributed by atoms with Gasteiger partial charge >= 0.3 is 0 Å². The summed E-state index contributed by atoms with van der Waals surface area (Å²) in [5.41, 5.74) is 0.241. The fraction of sp³-hybridized carbons (Fsp3) is 0.250. The lowest BCUT2D eigenvalue weighted by molar-refractivity contribution is -0.120. The average molecular weight is 247 g/mol. The lowest BCUT2D eigenvalue weighted by Gasteiger charge is -2.05. The number of carbonyl (C=O) groups is 1. The van der Waals surface area contributed by atoms with E-state index in [1.165, 1.54) is 0 Å². The van der Waals surface area contributed by atoms with Gasteiger partial charge in [0.1, 0.15) is 0 Å². The van der Waals surface area contributed by atoms with Crippen LogP contribution in [-0.4, -0.2) is 34.4 Å². The minimum absolute atomic E-state index is 0.0668. The molecule has 18 heavy (non-hydrogen) atoms. The molecule has 1 heterocycles. The molecule has 0 aliphatic heterocycles. The van der Waals surface area contributed by atoms with Crippen LogP contribution in [0.3, 0.4) is 0 Å². The maximum absolute atomic E-state index is 11.5. The van der Waals surface area contributed by atoms with E-state index in [1.54, 1.807) is 24.3 Å². The SMILES string of the molecule is O=C(Cc1n[nH]c(=O)c2ccccc12)NCCO. The molecular weight excluding hydrogens is 234 g/mol. The number of rotatable bonds is 4. The summed E-state index contributed by atoms with van der Waals surface area (Å²) in [7, 11) is 0. The van der Waals surface area contributed by atoms with Crippen molar-refractivity contribution < 1.29 is 9.90 Å². The smallest absolute Gasteiger partial charge is 0.272 e. The van der Waals surface area contributed by atoms with E-state index < -0.39 is 0 Å². The molecule has 0 radical (unpaired) electrons. The number of aliphatic hydroxyl groups excluding tert-OH is 1. The fourth-order valence-electron chi connectivity index (χ4n) is 1.72. The highest BCUT2D eigenvalue weighted by Crippen LogP contribution is 2.12. The number of benzene rings is 1. The van der Waals surface area contributed by atoms with E-state index in [-0.39, 0.29) is 31.0 Å². The Morgan fingerprint density at radius 3 is 2.78 bits per heavy atom. The predicted octanol–water partition coefficient (Wildman–Crippen LogP) is -0.426. The van der Waals surface area contributed by atoms with Crippen LogP contribution in [0.4, 0.5) is 0 Å². The van der Waals surface area contributed by atoms with E-state index in [0.29, 0.717) is 16.5 Å². The quantitative estimate of drug-likeness (QED) is 0.683. The second kappa shape index (κ2) is 5.42. The van der Waals surface area contributed by atoms with Gasteiger partial charge in [-0.1, -0.05) is 18.2 Å². The predicted molar refractivity (Wildman–Crippen MR) is 66.2 cm³/mol. The van der Waals surface area contributed by atoms with Gasteiger partial charge in [-0.2, -0.15) is 5.10 Å². The molecule has 0 aliphatic rings. The number of nitrogens with one attached hydrogen (secondary N) is 2. The molecule has 1 aromatic heterocycles. The number of aromatic amines is 1. The van der Waals surface area contributed by atoms with Gasteiger partial charge in [0.2, 0.25) is 5.91 Å². The highest BCUT2D eigenvalue weighted by atomic mass is 16.3. The first-order valence-electron chi connectivity index (χ1n) is 5.56. The van der Waals surface area contributed by atoms with Crippen molar-refractivity contribution in [2.75, 3.05) is 13.2 Å². The minimum atomic E-state index is -0.273. The number of aromatic nitrogens is 2. The van der Waals surface area contributed by atoms with Crippen LogP contribution in [0.5, 0.6) is 0 Å². The molecular formula is C12H13N3O3. The molecule has 94 valence electrons. The molecule has 6 nitrogen and oxygen atoms in total. The number of hydrogen-bond acceptors (Lipinski definition) is 4. The molecule has 0 unspecified atom stereocenters. The van der Waals surface area contributed by atoms with Crippen molar-refractivity contribution in [1.82, 2.24) is 15.5 Å². The van der Waals surface area contributed by atoms with E-state index in [1.807, 2.05) is 0 Å². The third-order valence-corrected chi connectivity index (χ3v) is 2.54. The zero-order valence-corrected chi connectivity index (χ0v) is 9.64. The maximum atomic E-state index is 11.5. The Hall–Kier alpha value is -2.21. The number of amides is 1. The van der Waals surface area contributed by atoms with Gasteiger partial charge in [-0.25, -0.2) is 5.10 Å². The van der Waals surface area contributed by atoms with Crippen LogP contribution in [0.2, 0.25) is 0 Å². The van der Waals surface area contributed by atoms with Crippen molar-refractivity contribution in [2.24, 2.45) is 0 Å². The molecule has 0 atom stereocenters. The third-order valence-electron chi connectivity index (χ3n) is 2.54. The molecule has 2 rings (SSSR count). The zero-order valence-electron chi connectivity index (χ0n) is 9.64. The molecule has 2 aromatic rings. The normalized spacial score (nSPS) is 10.5. The topological polar surface area (TPSA) is 95.1 Å². The molecule has 1 aromatic carbocycles. The first-order valence-corrected chi connectivity index (χ1v) is 5.56. The van der Waals surface area contributed by atoms with Crippen molar-refractivity contribution in [3.8, 4) is 0 Å². The van der Waals surface area contributed by atoms with Gasteiger partial charge in [-0.15, -0.1) is 0 Å². The Kier molecular flexibility index (Phi) is 3.69. The highest BCUT2D eigenvalue weighted by molar-refractivity contribution is 5.88. The molecule has 3 N–H and O–H groups in total. The van der Waals surface area contributed by atoms with Gasteiger partial charge in [-0.05, 0) is 6.07 Å². The van der Waals surface area contributed by atoms with Crippen molar-refractivity contribution in [3.63, 3.8) is 0 Å². The second-order valence-corrected chi connectivity index (χ2v) is 3.80.